The fourth-order valence-corrected chi connectivity index (χ4v) is 2.82. The molecule has 0 bridgehead atoms. The number of carboxylic acids is 1. The lowest BCUT2D eigenvalue weighted by Gasteiger charge is -2.20. The fourth-order valence-electron chi connectivity index (χ4n) is 2.82. The van der Waals surface area contributed by atoms with Crippen LogP contribution in [-0.4, -0.2) is 21.4 Å². The van der Waals surface area contributed by atoms with Gasteiger partial charge in [0.1, 0.15) is 0 Å². The van der Waals surface area contributed by atoms with E-state index >= 15 is 0 Å². The average molecular weight is 315 g/mol. The molecule has 0 fully saturated rings. The Bertz CT molecular complexity index is 763. The van der Waals surface area contributed by atoms with Crippen LogP contribution in [0.3, 0.4) is 0 Å². The lowest BCUT2D eigenvalue weighted by atomic mass is 9.84. The standard InChI is InChI=1S/C19H25NO3/c1-6-7-8-20-11-16(12(2)21)14-9-13(19(3,4)5)10-15(17(14)20)18(22)23/h9-11H,6-8H2,1-5H3,(H,22,23). The van der Waals surface area contributed by atoms with Crippen molar-refractivity contribution in [3.63, 3.8) is 0 Å². The highest BCUT2D eigenvalue weighted by Crippen LogP contribution is 2.32. The van der Waals surface area contributed by atoms with Gasteiger partial charge in [-0.15, -0.1) is 0 Å². The Labute approximate surface area is 137 Å². The van der Waals surface area contributed by atoms with Crippen molar-refractivity contribution in [2.45, 2.75) is 59.4 Å². The zero-order valence-corrected chi connectivity index (χ0v) is 14.6. The van der Waals surface area contributed by atoms with Gasteiger partial charge in [-0.25, -0.2) is 4.79 Å². The van der Waals surface area contributed by atoms with Crippen molar-refractivity contribution in [2.24, 2.45) is 0 Å². The second-order valence-corrected chi connectivity index (χ2v) is 7.12. The summed E-state index contributed by atoms with van der Waals surface area (Å²) in [5.41, 5.74) is 2.28. The molecule has 0 amide bonds. The van der Waals surface area contributed by atoms with Crippen molar-refractivity contribution in [2.75, 3.05) is 0 Å². The second kappa shape index (κ2) is 6.19. The van der Waals surface area contributed by atoms with E-state index in [0.717, 1.165) is 30.3 Å². The van der Waals surface area contributed by atoms with Crippen molar-refractivity contribution >= 4 is 22.7 Å². The highest BCUT2D eigenvalue weighted by molar-refractivity contribution is 6.12. The maximum Gasteiger partial charge on any atom is 0.337 e. The molecule has 4 heteroatoms. The summed E-state index contributed by atoms with van der Waals surface area (Å²) < 4.78 is 1.92. The van der Waals surface area contributed by atoms with Crippen LogP contribution < -0.4 is 0 Å². The minimum Gasteiger partial charge on any atom is -0.478 e. The number of aromatic nitrogens is 1. The van der Waals surface area contributed by atoms with Gasteiger partial charge in [0.15, 0.2) is 5.78 Å². The molecule has 1 N–H and O–H groups in total. The number of hydrogen-bond donors (Lipinski definition) is 1. The molecule has 0 radical (unpaired) electrons. The molecular weight excluding hydrogens is 290 g/mol. The summed E-state index contributed by atoms with van der Waals surface area (Å²) in [5, 5.41) is 10.4. The van der Waals surface area contributed by atoms with Crippen molar-refractivity contribution in [1.29, 1.82) is 0 Å². The average Bonchev–Trinajstić information content (AvgIpc) is 2.82. The first kappa shape index (κ1) is 17.3. The third-order valence-electron chi connectivity index (χ3n) is 4.20. The number of hydrogen-bond acceptors (Lipinski definition) is 2. The predicted octanol–water partition coefficient (Wildman–Crippen LogP) is 4.64. The molecule has 0 aliphatic heterocycles. The first-order valence-electron chi connectivity index (χ1n) is 8.08. The number of nitrogens with zero attached hydrogens (tertiary/aromatic N) is 1. The summed E-state index contributed by atoms with van der Waals surface area (Å²) in [5.74, 6) is -0.986. The Morgan fingerprint density at radius 2 is 1.83 bits per heavy atom. The van der Waals surface area contributed by atoms with Crippen LogP contribution in [0.4, 0.5) is 0 Å². The lowest BCUT2D eigenvalue weighted by Crippen LogP contribution is -2.13. The maximum atomic E-state index is 12.0. The monoisotopic (exact) mass is 315 g/mol. The van der Waals surface area contributed by atoms with Crippen molar-refractivity contribution in [3.05, 3.63) is 35.0 Å². The summed E-state index contributed by atoms with van der Waals surface area (Å²) in [7, 11) is 0. The number of ketones is 1. The first-order chi connectivity index (χ1) is 10.7. The molecule has 0 aliphatic carbocycles. The number of aryl methyl sites for hydroxylation is 1. The Balaban J connectivity index is 2.86. The van der Waals surface area contributed by atoms with Gasteiger partial charge in [-0.05, 0) is 36.5 Å². The van der Waals surface area contributed by atoms with Gasteiger partial charge in [-0.3, -0.25) is 4.79 Å². The highest BCUT2D eigenvalue weighted by atomic mass is 16.4. The lowest BCUT2D eigenvalue weighted by molar-refractivity contribution is 0.0698. The van der Waals surface area contributed by atoms with Gasteiger partial charge < -0.3 is 9.67 Å². The number of unbranched alkanes of at least 4 members (excludes halogenated alkanes) is 1. The molecule has 0 saturated carbocycles. The molecule has 23 heavy (non-hydrogen) atoms. The number of carboxylic acid groups (broad SMARTS) is 1. The number of fused-ring (bicyclic) bond motifs is 1. The van der Waals surface area contributed by atoms with Gasteiger partial charge in [0.25, 0.3) is 0 Å². The zero-order valence-electron chi connectivity index (χ0n) is 14.6. The molecule has 1 aromatic carbocycles. The van der Waals surface area contributed by atoms with Crippen molar-refractivity contribution < 1.29 is 14.7 Å². The van der Waals surface area contributed by atoms with Crippen LogP contribution in [0.15, 0.2) is 18.3 Å². The highest BCUT2D eigenvalue weighted by Gasteiger charge is 2.23. The van der Waals surface area contributed by atoms with E-state index in [1.165, 1.54) is 6.92 Å². The summed E-state index contributed by atoms with van der Waals surface area (Å²) in [4.78, 5) is 23.8. The topological polar surface area (TPSA) is 59.3 Å². The quantitative estimate of drug-likeness (QED) is 0.818. The predicted molar refractivity (Wildman–Crippen MR) is 92.5 cm³/mol. The van der Waals surface area contributed by atoms with Crippen LogP contribution in [0.2, 0.25) is 0 Å². The third kappa shape index (κ3) is 3.31. The van der Waals surface area contributed by atoms with E-state index < -0.39 is 5.97 Å². The Morgan fingerprint density at radius 3 is 2.30 bits per heavy atom. The van der Waals surface area contributed by atoms with Crippen LogP contribution in [-0.2, 0) is 12.0 Å². The third-order valence-corrected chi connectivity index (χ3v) is 4.20. The molecule has 0 aliphatic rings. The van der Waals surface area contributed by atoms with Gasteiger partial charge in [-0.1, -0.05) is 34.1 Å². The number of benzene rings is 1. The minimum absolute atomic E-state index is 0.0346. The summed E-state index contributed by atoms with van der Waals surface area (Å²) in [6, 6.07) is 3.72. The number of carbonyl (C=O) groups is 2. The molecule has 0 saturated heterocycles. The molecule has 0 unspecified atom stereocenters. The van der Waals surface area contributed by atoms with E-state index in [1.807, 2.05) is 37.6 Å². The number of Topliss-reactive ketones (excluding diaryl/α,β-unsaturated/α-hetero) is 1. The maximum absolute atomic E-state index is 12.0. The molecule has 1 aromatic heterocycles. The SMILES string of the molecule is CCCCn1cc(C(C)=O)c2cc(C(C)(C)C)cc(C(=O)O)c21. The molecular formula is C19H25NO3. The van der Waals surface area contributed by atoms with E-state index in [0.29, 0.717) is 11.1 Å². The molecule has 124 valence electrons. The van der Waals surface area contributed by atoms with E-state index in [-0.39, 0.29) is 16.8 Å². The Kier molecular flexibility index (Phi) is 4.64. The Morgan fingerprint density at radius 1 is 1.17 bits per heavy atom. The minimum atomic E-state index is -0.952. The van der Waals surface area contributed by atoms with Crippen LogP contribution in [0.25, 0.3) is 10.9 Å². The van der Waals surface area contributed by atoms with Gasteiger partial charge in [0, 0.05) is 23.7 Å². The van der Waals surface area contributed by atoms with Gasteiger partial charge in [0.2, 0.25) is 0 Å². The summed E-state index contributed by atoms with van der Waals surface area (Å²) in [6.07, 6.45) is 3.76. The molecule has 0 atom stereocenters. The largest absolute Gasteiger partial charge is 0.478 e. The van der Waals surface area contributed by atoms with Gasteiger partial charge in [0.05, 0.1) is 11.1 Å². The first-order valence-corrected chi connectivity index (χ1v) is 8.08. The molecule has 2 aromatic rings. The molecule has 0 spiro atoms. The second-order valence-electron chi connectivity index (χ2n) is 7.12. The van der Waals surface area contributed by atoms with Gasteiger partial charge >= 0.3 is 5.97 Å². The Hall–Kier alpha value is -2.10. The molecule has 2 rings (SSSR count). The van der Waals surface area contributed by atoms with E-state index in [4.69, 9.17) is 0 Å². The van der Waals surface area contributed by atoms with Crippen LogP contribution in [0.1, 0.15) is 73.7 Å². The van der Waals surface area contributed by atoms with Gasteiger partial charge in [-0.2, -0.15) is 0 Å². The fraction of sp³-hybridized carbons (Fsp3) is 0.474. The van der Waals surface area contributed by atoms with E-state index in [2.05, 4.69) is 6.92 Å². The molecule has 4 nitrogen and oxygen atoms in total. The smallest absolute Gasteiger partial charge is 0.337 e. The van der Waals surface area contributed by atoms with Crippen molar-refractivity contribution in [3.8, 4) is 0 Å². The molecule has 1 heterocycles. The normalized spacial score (nSPS) is 11.9. The van der Waals surface area contributed by atoms with Crippen molar-refractivity contribution in [1.82, 2.24) is 4.57 Å². The van der Waals surface area contributed by atoms with Crippen LogP contribution >= 0.6 is 0 Å². The summed E-state index contributed by atoms with van der Waals surface area (Å²) in [6.45, 7) is 10.5. The number of aromatic carboxylic acids is 1. The summed E-state index contributed by atoms with van der Waals surface area (Å²) >= 11 is 0. The number of rotatable bonds is 5. The number of carbonyl (C=O) groups excluding carboxylic acids is 1. The van der Waals surface area contributed by atoms with Crippen LogP contribution in [0.5, 0.6) is 0 Å². The zero-order chi connectivity index (χ0) is 17.4. The van der Waals surface area contributed by atoms with Crippen LogP contribution in [0, 0.1) is 0 Å². The van der Waals surface area contributed by atoms with E-state index in [1.54, 1.807) is 6.07 Å². The van der Waals surface area contributed by atoms with E-state index in [9.17, 15) is 14.7 Å².